The quantitative estimate of drug-likeness (QED) is 0.444. The molecule has 0 bridgehead atoms. The largest absolute Gasteiger partial charge is 0.493 e. The number of rotatable bonds is 5. The lowest BCUT2D eigenvalue weighted by Crippen LogP contribution is -2.54. The van der Waals surface area contributed by atoms with Crippen LogP contribution < -0.4 is 24.4 Å². The number of carbonyl (C=O) groups excluding carboxylic acids is 2. The fourth-order valence-corrected chi connectivity index (χ4v) is 3.37. The summed E-state index contributed by atoms with van der Waals surface area (Å²) in [5, 5.41) is 2.93. The fourth-order valence-electron chi connectivity index (χ4n) is 2.90. The van der Waals surface area contributed by atoms with Crippen molar-refractivity contribution >= 4 is 52.5 Å². The third-order valence-corrected chi connectivity index (χ3v) is 4.72. The average molecular weight is 433 g/mol. The number of nitrogens with one attached hydrogen (secondary N) is 1. The number of hydrogen-bond acceptors (Lipinski definition) is 6. The summed E-state index contributed by atoms with van der Waals surface area (Å²) in [7, 11) is 4.42. The highest BCUT2D eigenvalue weighted by molar-refractivity contribution is 7.80. The van der Waals surface area contributed by atoms with E-state index in [1.54, 1.807) is 36.4 Å². The summed E-state index contributed by atoms with van der Waals surface area (Å²) in [6.07, 6.45) is 1.41. The van der Waals surface area contributed by atoms with Crippen molar-refractivity contribution < 1.29 is 23.8 Å². The zero-order valence-electron chi connectivity index (χ0n) is 15.8. The van der Waals surface area contributed by atoms with E-state index in [2.05, 4.69) is 5.32 Å². The average Bonchev–Trinajstić information content (AvgIpc) is 2.70. The Kier molecular flexibility index (Phi) is 6.05. The third kappa shape index (κ3) is 3.90. The molecule has 1 saturated heterocycles. The maximum absolute atomic E-state index is 13.1. The monoisotopic (exact) mass is 432 g/mol. The van der Waals surface area contributed by atoms with Gasteiger partial charge in [0.2, 0.25) is 5.75 Å². The van der Waals surface area contributed by atoms with Crippen molar-refractivity contribution in [3.05, 3.63) is 52.6 Å². The minimum atomic E-state index is -0.616. The number of nitrogens with zero attached hydrogens (tertiary/aromatic N) is 1. The molecule has 29 heavy (non-hydrogen) atoms. The van der Waals surface area contributed by atoms with Gasteiger partial charge in [0.15, 0.2) is 16.6 Å². The molecule has 0 saturated carbocycles. The summed E-state index contributed by atoms with van der Waals surface area (Å²) < 4.78 is 16.0. The van der Waals surface area contributed by atoms with Crippen LogP contribution in [0.5, 0.6) is 17.2 Å². The predicted molar refractivity (Wildman–Crippen MR) is 114 cm³/mol. The Labute approximate surface area is 177 Å². The van der Waals surface area contributed by atoms with Crippen molar-refractivity contribution in [2.45, 2.75) is 0 Å². The highest BCUT2D eigenvalue weighted by Crippen LogP contribution is 2.40. The predicted octanol–water partition coefficient (Wildman–Crippen LogP) is 3.20. The number of halogens is 1. The standard InChI is InChI=1S/C20H17ClN2O5S/c1-26-15-8-7-11(16(27-2)17(15)28-3)9-14-18(24)22-20(29)23(19(14)25)13-6-4-5-12(21)10-13/h4-10H,1-3H3,(H,22,24,29)/b14-9-. The van der Waals surface area contributed by atoms with Crippen molar-refractivity contribution in [1.29, 1.82) is 0 Å². The summed E-state index contributed by atoms with van der Waals surface area (Å²) >= 11 is 11.2. The maximum Gasteiger partial charge on any atom is 0.270 e. The van der Waals surface area contributed by atoms with Crippen LogP contribution in [-0.4, -0.2) is 38.3 Å². The van der Waals surface area contributed by atoms with E-state index in [0.29, 0.717) is 33.5 Å². The van der Waals surface area contributed by atoms with Gasteiger partial charge >= 0.3 is 0 Å². The highest BCUT2D eigenvalue weighted by atomic mass is 35.5. The number of ether oxygens (including phenoxy) is 3. The number of benzene rings is 2. The molecule has 1 heterocycles. The highest BCUT2D eigenvalue weighted by Gasteiger charge is 2.35. The molecule has 1 aliphatic rings. The molecule has 0 radical (unpaired) electrons. The molecule has 7 nitrogen and oxygen atoms in total. The molecule has 1 fully saturated rings. The van der Waals surface area contributed by atoms with Crippen molar-refractivity contribution in [1.82, 2.24) is 5.32 Å². The number of carbonyl (C=O) groups is 2. The summed E-state index contributed by atoms with van der Waals surface area (Å²) in [5.74, 6) is -0.0849. The van der Waals surface area contributed by atoms with Crippen LogP contribution >= 0.6 is 23.8 Å². The molecule has 2 aromatic rings. The van der Waals surface area contributed by atoms with Gasteiger partial charge in [-0.25, -0.2) is 0 Å². The minimum absolute atomic E-state index is 0.0290. The number of amides is 2. The van der Waals surface area contributed by atoms with E-state index in [4.69, 9.17) is 38.0 Å². The van der Waals surface area contributed by atoms with Crippen LogP contribution in [0.2, 0.25) is 5.02 Å². The molecular formula is C20H17ClN2O5S. The second-order valence-electron chi connectivity index (χ2n) is 5.86. The van der Waals surface area contributed by atoms with Crippen LogP contribution in [0.4, 0.5) is 5.69 Å². The third-order valence-electron chi connectivity index (χ3n) is 4.20. The van der Waals surface area contributed by atoms with Gasteiger partial charge in [0.25, 0.3) is 11.8 Å². The molecule has 9 heteroatoms. The van der Waals surface area contributed by atoms with E-state index < -0.39 is 11.8 Å². The Hall–Kier alpha value is -3.10. The normalized spacial score (nSPS) is 15.4. The molecule has 150 valence electrons. The van der Waals surface area contributed by atoms with Crippen LogP contribution in [0.15, 0.2) is 42.0 Å². The fraction of sp³-hybridized carbons (Fsp3) is 0.150. The summed E-state index contributed by atoms with van der Waals surface area (Å²) in [4.78, 5) is 26.8. The number of anilines is 1. The Bertz CT molecular complexity index is 1040. The van der Waals surface area contributed by atoms with Gasteiger partial charge in [0.05, 0.1) is 27.0 Å². The van der Waals surface area contributed by atoms with Crippen LogP contribution in [0, 0.1) is 0 Å². The van der Waals surface area contributed by atoms with Gasteiger partial charge in [0.1, 0.15) is 5.57 Å². The van der Waals surface area contributed by atoms with E-state index in [0.717, 1.165) is 0 Å². The minimum Gasteiger partial charge on any atom is -0.493 e. The Balaban J connectivity index is 2.10. The van der Waals surface area contributed by atoms with Crippen LogP contribution in [-0.2, 0) is 9.59 Å². The van der Waals surface area contributed by atoms with Crippen LogP contribution in [0.25, 0.3) is 6.08 Å². The summed E-state index contributed by atoms with van der Waals surface area (Å²) in [6, 6.07) is 9.92. The molecule has 0 aromatic heterocycles. The van der Waals surface area contributed by atoms with Crippen molar-refractivity contribution in [2.75, 3.05) is 26.2 Å². The lowest BCUT2D eigenvalue weighted by atomic mass is 10.1. The van der Waals surface area contributed by atoms with Crippen LogP contribution in [0.1, 0.15) is 5.56 Å². The van der Waals surface area contributed by atoms with E-state index in [1.165, 1.54) is 32.3 Å². The first-order chi connectivity index (χ1) is 13.9. The second-order valence-corrected chi connectivity index (χ2v) is 6.68. The van der Waals surface area contributed by atoms with E-state index >= 15 is 0 Å². The van der Waals surface area contributed by atoms with E-state index in [-0.39, 0.29) is 10.7 Å². The smallest absolute Gasteiger partial charge is 0.270 e. The molecule has 0 aliphatic carbocycles. The van der Waals surface area contributed by atoms with Gasteiger partial charge in [-0.15, -0.1) is 0 Å². The van der Waals surface area contributed by atoms with Gasteiger partial charge in [-0.05, 0) is 48.6 Å². The molecule has 2 amide bonds. The second kappa shape index (κ2) is 8.50. The van der Waals surface area contributed by atoms with Crippen molar-refractivity contribution in [2.24, 2.45) is 0 Å². The summed E-state index contributed by atoms with van der Waals surface area (Å²) in [6.45, 7) is 0. The van der Waals surface area contributed by atoms with E-state index in [9.17, 15) is 9.59 Å². The zero-order valence-corrected chi connectivity index (χ0v) is 17.4. The maximum atomic E-state index is 13.1. The number of methoxy groups -OCH3 is 3. The number of thiocarbonyl (C=S) groups is 1. The lowest BCUT2D eigenvalue weighted by Gasteiger charge is -2.29. The first kappa shape index (κ1) is 20.6. The van der Waals surface area contributed by atoms with Gasteiger partial charge in [-0.3, -0.25) is 19.8 Å². The molecule has 0 spiro atoms. The molecular weight excluding hydrogens is 416 g/mol. The van der Waals surface area contributed by atoms with Gasteiger partial charge in [0, 0.05) is 10.6 Å². The topological polar surface area (TPSA) is 77.1 Å². The SMILES string of the molecule is COc1ccc(/C=C2/C(=O)NC(=S)N(c3cccc(Cl)c3)C2=O)c(OC)c1OC. The van der Waals surface area contributed by atoms with Gasteiger partial charge in [-0.1, -0.05) is 17.7 Å². The molecule has 1 N–H and O–H groups in total. The number of hydrogen-bond donors (Lipinski definition) is 1. The van der Waals surface area contributed by atoms with Crippen molar-refractivity contribution in [3.63, 3.8) is 0 Å². The Morgan fingerprint density at radius 1 is 1.03 bits per heavy atom. The molecule has 0 unspecified atom stereocenters. The molecule has 1 aliphatic heterocycles. The first-order valence-corrected chi connectivity index (χ1v) is 9.15. The van der Waals surface area contributed by atoms with Crippen molar-refractivity contribution in [3.8, 4) is 17.2 Å². The molecule has 0 atom stereocenters. The lowest BCUT2D eigenvalue weighted by molar-refractivity contribution is -0.122. The zero-order chi connectivity index (χ0) is 21.1. The molecule has 2 aromatic carbocycles. The Morgan fingerprint density at radius 3 is 2.38 bits per heavy atom. The summed E-state index contributed by atoms with van der Waals surface area (Å²) in [5.41, 5.74) is 0.782. The first-order valence-electron chi connectivity index (χ1n) is 8.37. The van der Waals surface area contributed by atoms with E-state index in [1.807, 2.05) is 0 Å². The van der Waals surface area contributed by atoms with Crippen LogP contribution in [0.3, 0.4) is 0 Å². The Morgan fingerprint density at radius 2 is 1.76 bits per heavy atom. The molecule has 3 rings (SSSR count). The van der Waals surface area contributed by atoms with Gasteiger partial charge in [-0.2, -0.15) is 0 Å². The van der Waals surface area contributed by atoms with Gasteiger partial charge < -0.3 is 14.2 Å².